The van der Waals surface area contributed by atoms with Crippen LogP contribution in [0.3, 0.4) is 0 Å². The van der Waals surface area contributed by atoms with Gasteiger partial charge in [0.25, 0.3) is 0 Å². The van der Waals surface area contributed by atoms with Crippen molar-refractivity contribution in [2.24, 2.45) is 0 Å². The van der Waals surface area contributed by atoms with Gasteiger partial charge in [0.1, 0.15) is 11.3 Å². The fourth-order valence-electron chi connectivity index (χ4n) is 2.97. The number of nitrogens with one attached hydrogen (secondary N) is 1. The lowest BCUT2D eigenvalue weighted by atomic mass is 9.93. The molecule has 1 aliphatic rings. The Morgan fingerprint density at radius 2 is 2.25 bits per heavy atom. The van der Waals surface area contributed by atoms with Gasteiger partial charge in [0.05, 0.1) is 12.3 Å². The molecule has 0 spiro atoms. The lowest BCUT2D eigenvalue weighted by Crippen LogP contribution is -2.15. The summed E-state index contributed by atoms with van der Waals surface area (Å²) in [5, 5.41) is 3.58. The Balaban J connectivity index is 1.65. The average Bonchev–Trinajstić information content (AvgIpc) is 3.03. The van der Waals surface area contributed by atoms with Gasteiger partial charge in [-0.05, 0) is 37.1 Å². The second-order valence-corrected chi connectivity index (χ2v) is 5.30. The molecule has 0 amide bonds. The Kier molecular flexibility index (Phi) is 2.55. The standard InChI is InChI=1S/C16H16N2O2/c1-10-17-14-9-11(5-6-16(14)20-10)18-13-3-2-4-15-12(13)7-8-19-15/h5-9,13,18H,2-4H2,1H3. The number of fused-ring (bicyclic) bond motifs is 2. The topological polar surface area (TPSA) is 51.2 Å². The molecule has 2 aromatic heterocycles. The summed E-state index contributed by atoms with van der Waals surface area (Å²) in [5.41, 5.74) is 4.09. The molecule has 4 nitrogen and oxygen atoms in total. The Morgan fingerprint density at radius 1 is 1.30 bits per heavy atom. The number of aromatic nitrogens is 1. The SMILES string of the molecule is Cc1nc2cc(NC3CCCc4occc43)ccc2o1. The Labute approximate surface area is 116 Å². The van der Waals surface area contributed by atoms with E-state index in [-0.39, 0.29) is 0 Å². The van der Waals surface area contributed by atoms with Crippen LogP contribution in [0.15, 0.2) is 39.4 Å². The van der Waals surface area contributed by atoms with E-state index in [0.29, 0.717) is 11.9 Å². The maximum absolute atomic E-state index is 5.53. The molecule has 0 saturated carbocycles. The van der Waals surface area contributed by atoms with E-state index in [1.54, 1.807) is 6.26 Å². The van der Waals surface area contributed by atoms with Gasteiger partial charge < -0.3 is 14.2 Å². The fourth-order valence-corrected chi connectivity index (χ4v) is 2.97. The van der Waals surface area contributed by atoms with E-state index in [2.05, 4.69) is 16.4 Å². The minimum atomic E-state index is 0.322. The van der Waals surface area contributed by atoms with Gasteiger partial charge in [0.15, 0.2) is 11.5 Å². The Morgan fingerprint density at radius 3 is 3.20 bits per heavy atom. The van der Waals surface area contributed by atoms with Gasteiger partial charge >= 0.3 is 0 Å². The van der Waals surface area contributed by atoms with Crippen molar-refractivity contribution in [1.29, 1.82) is 0 Å². The van der Waals surface area contributed by atoms with Gasteiger partial charge in [-0.25, -0.2) is 4.98 Å². The fraction of sp³-hybridized carbons (Fsp3) is 0.312. The van der Waals surface area contributed by atoms with Gasteiger partial charge in [0.2, 0.25) is 0 Å². The molecule has 0 fully saturated rings. The third kappa shape index (κ3) is 1.88. The van der Waals surface area contributed by atoms with Crippen LogP contribution in [-0.2, 0) is 6.42 Å². The molecule has 0 bridgehead atoms. The lowest BCUT2D eigenvalue weighted by Gasteiger charge is -2.23. The quantitative estimate of drug-likeness (QED) is 0.756. The van der Waals surface area contributed by atoms with Crippen molar-refractivity contribution in [3.8, 4) is 0 Å². The van der Waals surface area contributed by atoms with Crippen LogP contribution in [0, 0.1) is 6.92 Å². The van der Waals surface area contributed by atoms with E-state index in [1.807, 2.05) is 25.1 Å². The Hall–Kier alpha value is -2.23. The molecule has 1 aliphatic carbocycles. The van der Waals surface area contributed by atoms with Crippen LogP contribution < -0.4 is 5.32 Å². The van der Waals surface area contributed by atoms with Crippen molar-refractivity contribution in [2.45, 2.75) is 32.2 Å². The summed E-state index contributed by atoms with van der Waals surface area (Å²) in [6, 6.07) is 8.45. The van der Waals surface area contributed by atoms with E-state index >= 15 is 0 Å². The van der Waals surface area contributed by atoms with Crippen molar-refractivity contribution in [3.05, 3.63) is 47.7 Å². The first-order valence-corrected chi connectivity index (χ1v) is 6.99. The summed E-state index contributed by atoms with van der Waals surface area (Å²) in [5.74, 6) is 1.82. The normalized spacial score (nSPS) is 18.1. The molecule has 0 radical (unpaired) electrons. The van der Waals surface area contributed by atoms with Gasteiger partial charge in [-0.3, -0.25) is 0 Å². The maximum atomic E-state index is 5.53. The van der Waals surface area contributed by atoms with Gasteiger partial charge in [0, 0.05) is 24.6 Å². The highest BCUT2D eigenvalue weighted by atomic mass is 16.3. The smallest absolute Gasteiger partial charge is 0.192 e. The molecule has 0 aliphatic heterocycles. The number of benzene rings is 1. The summed E-state index contributed by atoms with van der Waals surface area (Å²) >= 11 is 0. The molecule has 1 atom stereocenters. The van der Waals surface area contributed by atoms with Crippen LogP contribution in [0.2, 0.25) is 0 Å². The van der Waals surface area contributed by atoms with E-state index in [0.717, 1.165) is 41.8 Å². The summed E-state index contributed by atoms with van der Waals surface area (Å²) in [7, 11) is 0. The maximum Gasteiger partial charge on any atom is 0.192 e. The molecule has 1 aromatic carbocycles. The Bertz CT molecular complexity index is 757. The molecular formula is C16H16N2O2. The number of hydrogen-bond acceptors (Lipinski definition) is 4. The number of rotatable bonds is 2. The van der Waals surface area contributed by atoms with Gasteiger partial charge in [-0.15, -0.1) is 0 Å². The molecule has 4 rings (SSSR count). The first-order valence-electron chi connectivity index (χ1n) is 6.99. The van der Waals surface area contributed by atoms with Crippen molar-refractivity contribution in [1.82, 2.24) is 4.98 Å². The van der Waals surface area contributed by atoms with Crippen molar-refractivity contribution in [2.75, 3.05) is 5.32 Å². The zero-order chi connectivity index (χ0) is 13.5. The first kappa shape index (κ1) is 11.6. The number of nitrogens with zero attached hydrogens (tertiary/aromatic N) is 1. The molecule has 1 unspecified atom stereocenters. The monoisotopic (exact) mass is 268 g/mol. The van der Waals surface area contributed by atoms with E-state index in [4.69, 9.17) is 8.83 Å². The molecule has 3 aromatic rings. The van der Waals surface area contributed by atoms with Crippen LogP contribution in [-0.4, -0.2) is 4.98 Å². The molecule has 2 heterocycles. The molecule has 0 saturated heterocycles. The van der Waals surface area contributed by atoms with Crippen molar-refractivity contribution in [3.63, 3.8) is 0 Å². The molecule has 20 heavy (non-hydrogen) atoms. The van der Waals surface area contributed by atoms with Crippen LogP contribution in [0.4, 0.5) is 5.69 Å². The highest BCUT2D eigenvalue weighted by Crippen LogP contribution is 2.33. The predicted molar refractivity (Wildman–Crippen MR) is 76.8 cm³/mol. The largest absolute Gasteiger partial charge is 0.469 e. The van der Waals surface area contributed by atoms with Crippen LogP contribution in [0.1, 0.15) is 36.1 Å². The van der Waals surface area contributed by atoms with Crippen molar-refractivity contribution >= 4 is 16.8 Å². The number of furan rings is 1. The molecule has 1 N–H and O–H groups in total. The number of oxazole rings is 1. The first-order chi connectivity index (χ1) is 9.79. The lowest BCUT2D eigenvalue weighted by molar-refractivity contribution is 0.461. The molecule has 102 valence electrons. The zero-order valence-corrected chi connectivity index (χ0v) is 11.3. The van der Waals surface area contributed by atoms with Crippen LogP contribution in [0.5, 0.6) is 0 Å². The number of hydrogen-bond donors (Lipinski definition) is 1. The zero-order valence-electron chi connectivity index (χ0n) is 11.3. The summed E-state index contributed by atoms with van der Waals surface area (Å²) < 4.78 is 11.0. The number of aryl methyl sites for hydroxylation is 2. The minimum Gasteiger partial charge on any atom is -0.469 e. The molecule has 4 heteroatoms. The molecular weight excluding hydrogens is 252 g/mol. The highest BCUT2D eigenvalue weighted by Gasteiger charge is 2.22. The third-order valence-corrected chi connectivity index (χ3v) is 3.89. The van der Waals surface area contributed by atoms with Crippen LogP contribution >= 0.6 is 0 Å². The number of anilines is 1. The minimum absolute atomic E-state index is 0.322. The third-order valence-electron chi connectivity index (χ3n) is 3.89. The predicted octanol–water partition coefficient (Wildman–Crippen LogP) is 4.22. The summed E-state index contributed by atoms with van der Waals surface area (Å²) in [6.07, 6.45) is 5.11. The summed E-state index contributed by atoms with van der Waals surface area (Å²) in [4.78, 5) is 4.38. The summed E-state index contributed by atoms with van der Waals surface area (Å²) in [6.45, 7) is 1.87. The van der Waals surface area contributed by atoms with E-state index in [1.165, 1.54) is 5.56 Å². The van der Waals surface area contributed by atoms with Gasteiger partial charge in [-0.1, -0.05) is 0 Å². The highest BCUT2D eigenvalue weighted by molar-refractivity contribution is 5.77. The van der Waals surface area contributed by atoms with E-state index in [9.17, 15) is 0 Å². The average molecular weight is 268 g/mol. The van der Waals surface area contributed by atoms with Crippen LogP contribution in [0.25, 0.3) is 11.1 Å². The second kappa shape index (κ2) is 4.40. The second-order valence-electron chi connectivity index (χ2n) is 5.30. The van der Waals surface area contributed by atoms with Gasteiger partial charge in [-0.2, -0.15) is 0 Å². The van der Waals surface area contributed by atoms with Crippen molar-refractivity contribution < 1.29 is 8.83 Å². The van der Waals surface area contributed by atoms with E-state index < -0.39 is 0 Å².